The molecule has 0 aliphatic heterocycles. The number of hydrogen-bond acceptors (Lipinski definition) is 9. The van der Waals surface area contributed by atoms with Crippen molar-refractivity contribution in [2.45, 2.75) is 77.0 Å². The van der Waals surface area contributed by atoms with Crippen LogP contribution in [-0.4, -0.2) is 72.9 Å². The summed E-state index contributed by atoms with van der Waals surface area (Å²) in [5, 5.41) is 29.5. The highest BCUT2D eigenvalue weighted by Crippen LogP contribution is 2.64. The Hall–Kier alpha value is -2.49. The van der Waals surface area contributed by atoms with Crippen molar-refractivity contribution in [3.8, 4) is 0 Å². The van der Waals surface area contributed by atoms with Crippen molar-refractivity contribution in [2.24, 2.45) is 107 Å². The van der Waals surface area contributed by atoms with E-state index in [1.165, 1.54) is 31.4 Å². The van der Waals surface area contributed by atoms with E-state index in [1.807, 2.05) is 0 Å². The lowest BCUT2D eigenvalue weighted by Crippen LogP contribution is -2.28. The van der Waals surface area contributed by atoms with Gasteiger partial charge in [0, 0.05) is 19.8 Å². The molecule has 54 heavy (non-hydrogen) atoms. The second-order valence-electron chi connectivity index (χ2n) is 20.1. The average Bonchev–Trinajstić information content (AvgIpc) is 4.03. The van der Waals surface area contributed by atoms with E-state index in [0.29, 0.717) is 108 Å². The van der Waals surface area contributed by atoms with Crippen LogP contribution in [0.15, 0.2) is 18.2 Å². The quantitative estimate of drug-likeness (QED) is 0.173. The smallest absolute Gasteiger partial charge is 0.339 e. The van der Waals surface area contributed by atoms with Gasteiger partial charge in [0.15, 0.2) is 0 Å². The molecule has 0 spiro atoms. The van der Waals surface area contributed by atoms with Crippen molar-refractivity contribution in [1.29, 1.82) is 0 Å². The molecule has 0 aromatic heterocycles. The zero-order chi connectivity index (χ0) is 36.8. The summed E-state index contributed by atoms with van der Waals surface area (Å²) in [7, 11) is 0. The van der Waals surface area contributed by atoms with Gasteiger partial charge in [-0.15, -0.1) is 0 Å². The third-order valence-electron chi connectivity index (χ3n) is 17.9. The minimum atomic E-state index is -0.606. The fourth-order valence-corrected chi connectivity index (χ4v) is 15.8. The molecule has 9 fully saturated rings. The number of aliphatic hydroxyl groups excluding tert-OH is 3. The normalized spacial score (nSPS) is 45.8. The Bertz CT molecular complexity index is 1620. The molecule has 3 N–H and O–H groups in total. The van der Waals surface area contributed by atoms with Gasteiger partial charge in [-0.25, -0.2) is 14.4 Å². The lowest BCUT2D eigenvalue weighted by molar-refractivity contribution is 0.0333. The number of carbonyl (C=O) groups excluding carboxylic acids is 3. The molecule has 9 aliphatic carbocycles. The molecule has 0 heterocycles. The standard InChI is InChI=1S/C45H60O9/c46-16-22-3-33-28-11-31(38(15-28)39(33)4-22)21-54-43(49)25-1-2-32(44(50)52-19-23-5-34-26-9-29(17-47)36(13-26)40(34)7-23)42(12-25)45(51)53-20-24-6-35-27-10-30(18-48)37(14-27)41(35)8-24/h1-2,12,22-24,26-31,33-41,46-48H,3-11,13-21H2. The topological polar surface area (TPSA) is 140 Å². The van der Waals surface area contributed by atoms with Crippen LogP contribution in [0.25, 0.3) is 0 Å². The van der Waals surface area contributed by atoms with Gasteiger partial charge in [-0.1, -0.05) is 0 Å². The molecule has 0 amide bonds. The second-order valence-corrected chi connectivity index (χ2v) is 20.1. The predicted octanol–water partition coefficient (Wildman–Crippen LogP) is 6.03. The number of rotatable bonds is 12. The van der Waals surface area contributed by atoms with E-state index in [9.17, 15) is 29.7 Å². The summed E-state index contributed by atoms with van der Waals surface area (Å²) in [6.07, 6.45) is 13.3. The van der Waals surface area contributed by atoms with Crippen molar-refractivity contribution >= 4 is 17.9 Å². The summed E-state index contributed by atoms with van der Waals surface area (Å²) < 4.78 is 17.8. The molecule has 0 radical (unpaired) electrons. The zero-order valence-electron chi connectivity index (χ0n) is 31.6. The fourth-order valence-electron chi connectivity index (χ4n) is 15.8. The van der Waals surface area contributed by atoms with Crippen LogP contribution in [-0.2, 0) is 14.2 Å². The summed E-state index contributed by atoms with van der Waals surface area (Å²) in [5.41, 5.74) is 0.422. The molecule has 294 valence electrons. The highest BCUT2D eigenvalue weighted by Gasteiger charge is 2.58. The first-order chi connectivity index (χ1) is 26.3. The SMILES string of the molecule is O=C(OCC1CC2CC1C1CC(CO)CC21)c1ccc(C(=O)OCC2CC3C4CC(CO)C(C4)C3C2)c(C(=O)OCC2CC3C4CC(CO)C(C4)C3C2)c1. The van der Waals surface area contributed by atoms with Crippen molar-refractivity contribution in [2.75, 3.05) is 39.6 Å². The minimum Gasteiger partial charge on any atom is -0.462 e. The van der Waals surface area contributed by atoms with Gasteiger partial charge in [-0.05, 0) is 202 Å². The molecule has 10 rings (SSSR count). The van der Waals surface area contributed by atoms with Gasteiger partial charge in [0.25, 0.3) is 0 Å². The van der Waals surface area contributed by atoms with Gasteiger partial charge >= 0.3 is 17.9 Å². The maximum atomic E-state index is 13.9. The third-order valence-corrected chi connectivity index (χ3v) is 17.9. The predicted molar refractivity (Wildman–Crippen MR) is 197 cm³/mol. The first-order valence-electron chi connectivity index (χ1n) is 21.8. The van der Waals surface area contributed by atoms with Crippen molar-refractivity contribution in [3.63, 3.8) is 0 Å². The lowest BCUT2D eigenvalue weighted by Gasteiger charge is -2.31. The van der Waals surface area contributed by atoms with E-state index in [2.05, 4.69) is 0 Å². The van der Waals surface area contributed by atoms with Crippen molar-refractivity contribution in [3.05, 3.63) is 34.9 Å². The van der Waals surface area contributed by atoms with Crippen molar-refractivity contribution in [1.82, 2.24) is 0 Å². The van der Waals surface area contributed by atoms with E-state index >= 15 is 0 Å². The summed E-state index contributed by atoms with van der Waals surface area (Å²) in [4.78, 5) is 41.1. The van der Waals surface area contributed by atoms with Crippen LogP contribution >= 0.6 is 0 Å². The van der Waals surface area contributed by atoms with Crippen LogP contribution in [0.5, 0.6) is 0 Å². The van der Waals surface area contributed by atoms with Crippen LogP contribution in [0, 0.1) is 107 Å². The number of ether oxygens (including phenoxy) is 3. The Labute approximate surface area is 319 Å². The largest absolute Gasteiger partial charge is 0.462 e. The molecule has 18 atom stereocenters. The first kappa shape index (κ1) is 35.9. The van der Waals surface area contributed by atoms with Gasteiger partial charge in [-0.2, -0.15) is 0 Å². The number of fused-ring (bicyclic) bond motifs is 15. The van der Waals surface area contributed by atoms with Gasteiger partial charge in [0.2, 0.25) is 0 Å². The Morgan fingerprint density at radius 3 is 1.43 bits per heavy atom. The van der Waals surface area contributed by atoms with E-state index < -0.39 is 17.9 Å². The number of aliphatic hydroxyl groups is 3. The van der Waals surface area contributed by atoms with E-state index in [4.69, 9.17) is 14.2 Å². The van der Waals surface area contributed by atoms with Crippen LogP contribution < -0.4 is 0 Å². The molecule has 9 heteroatoms. The Balaban J connectivity index is 0.802. The molecule has 1 aromatic rings. The molecular formula is C45H60O9. The number of carbonyl (C=O) groups is 3. The zero-order valence-corrected chi connectivity index (χ0v) is 31.6. The van der Waals surface area contributed by atoms with Gasteiger partial charge in [0.1, 0.15) is 0 Å². The molecular weight excluding hydrogens is 684 g/mol. The van der Waals surface area contributed by atoms with Crippen molar-refractivity contribution < 1.29 is 43.9 Å². The first-order valence-corrected chi connectivity index (χ1v) is 21.8. The monoisotopic (exact) mass is 744 g/mol. The van der Waals surface area contributed by atoms with Gasteiger partial charge < -0.3 is 29.5 Å². The molecule has 0 saturated heterocycles. The molecule has 9 saturated carbocycles. The maximum absolute atomic E-state index is 13.9. The van der Waals surface area contributed by atoms with Crippen LogP contribution in [0.3, 0.4) is 0 Å². The molecule has 9 aliphatic rings. The second kappa shape index (κ2) is 14.2. The highest BCUT2D eigenvalue weighted by atomic mass is 16.5. The highest BCUT2D eigenvalue weighted by molar-refractivity contribution is 6.05. The fraction of sp³-hybridized carbons (Fsp3) is 0.800. The van der Waals surface area contributed by atoms with Gasteiger partial charge in [0.05, 0.1) is 36.5 Å². The average molecular weight is 745 g/mol. The number of benzene rings is 1. The Kier molecular flexibility index (Phi) is 9.41. The maximum Gasteiger partial charge on any atom is 0.339 e. The summed E-state index contributed by atoms with van der Waals surface area (Å²) in [5.74, 6) is 7.99. The Morgan fingerprint density at radius 1 is 0.444 bits per heavy atom. The summed E-state index contributed by atoms with van der Waals surface area (Å²) in [6, 6.07) is 4.59. The van der Waals surface area contributed by atoms with Crippen LogP contribution in [0.4, 0.5) is 0 Å². The lowest BCUT2D eigenvalue weighted by atomic mass is 9.76. The summed E-state index contributed by atoms with van der Waals surface area (Å²) >= 11 is 0. The van der Waals surface area contributed by atoms with Crippen LogP contribution in [0.2, 0.25) is 0 Å². The van der Waals surface area contributed by atoms with E-state index in [1.54, 1.807) is 6.07 Å². The molecule has 1 aromatic carbocycles. The molecule has 6 bridgehead atoms. The summed E-state index contributed by atoms with van der Waals surface area (Å²) in [6.45, 7) is 1.74. The third kappa shape index (κ3) is 5.99. The molecule has 9 nitrogen and oxygen atoms in total. The molecule has 18 unspecified atom stereocenters. The number of hydrogen-bond donors (Lipinski definition) is 3. The van der Waals surface area contributed by atoms with Gasteiger partial charge in [-0.3, -0.25) is 0 Å². The van der Waals surface area contributed by atoms with E-state index in [0.717, 1.165) is 57.8 Å². The minimum absolute atomic E-state index is 0.0592. The van der Waals surface area contributed by atoms with E-state index in [-0.39, 0.29) is 55.0 Å². The Morgan fingerprint density at radius 2 is 0.889 bits per heavy atom. The van der Waals surface area contributed by atoms with Crippen LogP contribution in [0.1, 0.15) is 108 Å². The number of esters is 3.